The Balaban J connectivity index is 2.74. The van der Waals surface area contributed by atoms with Crippen molar-refractivity contribution in [2.75, 3.05) is 20.7 Å². The molecule has 0 aromatic heterocycles. The zero-order valence-corrected chi connectivity index (χ0v) is 10.2. The van der Waals surface area contributed by atoms with Gasteiger partial charge in [0.05, 0.1) is 19.1 Å². The summed E-state index contributed by atoms with van der Waals surface area (Å²) in [5.41, 5.74) is -0.0117. The zero-order chi connectivity index (χ0) is 13.7. The number of para-hydroxylation sites is 1. The highest BCUT2D eigenvalue weighted by Gasteiger charge is 2.18. The number of ether oxygens (including phenoxy) is 1. The number of hydrogen-bond acceptors (Lipinski definition) is 5. The van der Waals surface area contributed by atoms with Gasteiger partial charge in [0.1, 0.15) is 0 Å². The zero-order valence-electron chi connectivity index (χ0n) is 10.2. The van der Waals surface area contributed by atoms with E-state index < -0.39 is 17.6 Å². The third-order valence-electron chi connectivity index (χ3n) is 2.47. The first-order valence-electron chi connectivity index (χ1n) is 5.30. The molecule has 6 heteroatoms. The molecule has 0 aliphatic heterocycles. The highest BCUT2D eigenvalue weighted by Crippen LogP contribution is 2.28. The molecule has 1 aromatic carbocycles. The molecule has 6 nitrogen and oxygen atoms in total. The van der Waals surface area contributed by atoms with Gasteiger partial charge in [-0.25, -0.2) is 0 Å². The second kappa shape index (κ2) is 5.90. The number of phenolic OH excluding ortho intramolecular Hbond substituents is 2. The average Bonchev–Trinajstić information content (AvgIpc) is 2.37. The summed E-state index contributed by atoms with van der Waals surface area (Å²) in [4.78, 5) is 24.1. The Kier molecular flexibility index (Phi) is 4.53. The number of nitrogens with zero attached hydrogens (tertiary/aromatic N) is 1. The molecule has 0 radical (unpaired) electrons. The maximum atomic E-state index is 11.9. The molecule has 0 fully saturated rings. The minimum Gasteiger partial charge on any atom is -0.504 e. The third kappa shape index (κ3) is 3.13. The van der Waals surface area contributed by atoms with E-state index in [1.165, 1.54) is 37.3 Å². The number of amides is 1. The molecule has 0 atom stereocenters. The lowest BCUT2D eigenvalue weighted by atomic mass is 10.1. The summed E-state index contributed by atoms with van der Waals surface area (Å²) in [6.45, 7) is 0.167. The minimum atomic E-state index is -0.479. The van der Waals surface area contributed by atoms with Gasteiger partial charge >= 0.3 is 5.97 Å². The Labute approximate surface area is 104 Å². The first-order chi connectivity index (χ1) is 8.47. The van der Waals surface area contributed by atoms with Gasteiger partial charge in [-0.1, -0.05) is 6.07 Å². The van der Waals surface area contributed by atoms with Crippen LogP contribution in [0.4, 0.5) is 0 Å². The molecule has 0 aliphatic carbocycles. The molecular formula is C12H15NO5. The normalized spacial score (nSPS) is 9.89. The number of carbonyl (C=O) groups is 2. The molecule has 2 N–H and O–H groups in total. The van der Waals surface area contributed by atoms with Gasteiger partial charge in [0.2, 0.25) is 0 Å². The van der Waals surface area contributed by atoms with Crippen LogP contribution in [0.1, 0.15) is 16.8 Å². The van der Waals surface area contributed by atoms with Crippen LogP contribution in [0.5, 0.6) is 11.5 Å². The Hall–Kier alpha value is -2.24. The lowest BCUT2D eigenvalue weighted by Crippen LogP contribution is -2.29. The van der Waals surface area contributed by atoms with Crippen LogP contribution in [0.3, 0.4) is 0 Å². The molecule has 1 amide bonds. The van der Waals surface area contributed by atoms with E-state index in [2.05, 4.69) is 4.74 Å². The molecular weight excluding hydrogens is 238 g/mol. The second-order valence-corrected chi connectivity index (χ2v) is 3.73. The minimum absolute atomic E-state index is 0.0117. The highest BCUT2D eigenvalue weighted by atomic mass is 16.5. The Morgan fingerprint density at radius 2 is 2.00 bits per heavy atom. The van der Waals surface area contributed by atoms with Crippen LogP contribution < -0.4 is 0 Å². The fraction of sp³-hybridized carbons (Fsp3) is 0.333. The maximum absolute atomic E-state index is 11.9. The maximum Gasteiger partial charge on any atom is 0.307 e. The number of aromatic hydroxyl groups is 2. The Morgan fingerprint density at radius 3 is 2.61 bits per heavy atom. The predicted octanol–water partition coefficient (Wildman–Crippen LogP) is 0.733. The van der Waals surface area contributed by atoms with E-state index >= 15 is 0 Å². The Morgan fingerprint density at radius 1 is 1.33 bits per heavy atom. The first-order valence-corrected chi connectivity index (χ1v) is 5.30. The summed E-state index contributed by atoms with van der Waals surface area (Å²) in [6, 6.07) is 4.13. The molecule has 1 aromatic rings. The van der Waals surface area contributed by atoms with E-state index in [-0.39, 0.29) is 24.3 Å². The van der Waals surface area contributed by atoms with E-state index in [9.17, 15) is 19.8 Å². The van der Waals surface area contributed by atoms with Crippen molar-refractivity contribution in [3.05, 3.63) is 23.8 Å². The van der Waals surface area contributed by atoms with Gasteiger partial charge < -0.3 is 19.8 Å². The topological polar surface area (TPSA) is 87.1 Å². The summed E-state index contributed by atoms with van der Waals surface area (Å²) >= 11 is 0. The number of hydrogen-bond donors (Lipinski definition) is 2. The number of phenols is 2. The molecule has 0 bridgehead atoms. The molecule has 0 spiro atoms. The van der Waals surface area contributed by atoms with E-state index in [1.54, 1.807) is 0 Å². The van der Waals surface area contributed by atoms with Crippen LogP contribution in [-0.4, -0.2) is 47.7 Å². The van der Waals surface area contributed by atoms with Crippen LogP contribution in [-0.2, 0) is 9.53 Å². The first kappa shape index (κ1) is 13.8. The predicted molar refractivity (Wildman–Crippen MR) is 63.4 cm³/mol. The van der Waals surface area contributed by atoms with Crippen molar-refractivity contribution < 1.29 is 24.5 Å². The van der Waals surface area contributed by atoms with Crippen molar-refractivity contribution in [1.29, 1.82) is 0 Å². The van der Waals surface area contributed by atoms with Crippen molar-refractivity contribution in [3.8, 4) is 11.5 Å². The standard InChI is InChI=1S/C12H15NO5/c1-13(7-6-10(15)18-2)12(17)8-4-3-5-9(14)11(8)16/h3-5,14,16H,6-7H2,1-2H3. The fourth-order valence-electron chi connectivity index (χ4n) is 1.37. The monoisotopic (exact) mass is 253 g/mol. The van der Waals surface area contributed by atoms with Crippen LogP contribution in [0.2, 0.25) is 0 Å². The molecule has 0 saturated heterocycles. The quantitative estimate of drug-likeness (QED) is 0.610. The van der Waals surface area contributed by atoms with Gasteiger partial charge in [0.15, 0.2) is 11.5 Å². The van der Waals surface area contributed by atoms with Crippen LogP contribution in [0.15, 0.2) is 18.2 Å². The van der Waals surface area contributed by atoms with E-state index in [4.69, 9.17) is 0 Å². The van der Waals surface area contributed by atoms with Crippen molar-refractivity contribution >= 4 is 11.9 Å². The second-order valence-electron chi connectivity index (χ2n) is 3.73. The van der Waals surface area contributed by atoms with Gasteiger partial charge in [-0.2, -0.15) is 0 Å². The van der Waals surface area contributed by atoms with Gasteiger partial charge in [-0.15, -0.1) is 0 Å². The van der Waals surface area contributed by atoms with Gasteiger partial charge in [0, 0.05) is 13.6 Å². The van der Waals surface area contributed by atoms with Gasteiger partial charge in [0.25, 0.3) is 5.91 Å². The molecule has 1 rings (SSSR count). The molecule has 0 heterocycles. The lowest BCUT2D eigenvalue weighted by Gasteiger charge is -2.17. The van der Waals surface area contributed by atoms with Gasteiger partial charge in [-0.3, -0.25) is 9.59 Å². The largest absolute Gasteiger partial charge is 0.504 e. The summed E-state index contributed by atoms with van der Waals surface area (Å²) < 4.78 is 4.46. The lowest BCUT2D eigenvalue weighted by molar-refractivity contribution is -0.140. The fourth-order valence-corrected chi connectivity index (χ4v) is 1.37. The number of rotatable bonds is 4. The molecule has 98 valence electrons. The number of methoxy groups -OCH3 is 1. The molecule has 0 saturated carbocycles. The van der Waals surface area contributed by atoms with Crippen molar-refractivity contribution in [2.24, 2.45) is 0 Å². The van der Waals surface area contributed by atoms with Crippen molar-refractivity contribution in [1.82, 2.24) is 4.90 Å². The van der Waals surface area contributed by atoms with E-state index in [0.29, 0.717) is 0 Å². The SMILES string of the molecule is COC(=O)CCN(C)C(=O)c1cccc(O)c1O. The van der Waals surface area contributed by atoms with E-state index in [1.807, 2.05) is 0 Å². The van der Waals surface area contributed by atoms with Crippen LogP contribution >= 0.6 is 0 Å². The van der Waals surface area contributed by atoms with Crippen LogP contribution in [0.25, 0.3) is 0 Å². The smallest absolute Gasteiger partial charge is 0.307 e. The number of benzene rings is 1. The molecule has 0 unspecified atom stereocenters. The third-order valence-corrected chi connectivity index (χ3v) is 2.47. The number of carbonyl (C=O) groups excluding carboxylic acids is 2. The Bertz CT molecular complexity index is 458. The molecule has 0 aliphatic rings. The van der Waals surface area contributed by atoms with E-state index in [0.717, 1.165) is 0 Å². The summed E-state index contributed by atoms with van der Waals surface area (Å²) in [5.74, 6) is -1.73. The highest BCUT2D eigenvalue weighted by molar-refractivity contribution is 5.97. The average molecular weight is 253 g/mol. The van der Waals surface area contributed by atoms with Crippen molar-refractivity contribution in [2.45, 2.75) is 6.42 Å². The van der Waals surface area contributed by atoms with Crippen LogP contribution in [0, 0.1) is 0 Å². The summed E-state index contributed by atoms with van der Waals surface area (Å²) in [5, 5.41) is 18.8. The summed E-state index contributed by atoms with van der Waals surface area (Å²) in [6.07, 6.45) is 0.0678. The van der Waals surface area contributed by atoms with Crippen molar-refractivity contribution in [3.63, 3.8) is 0 Å². The molecule has 18 heavy (non-hydrogen) atoms. The number of esters is 1. The van der Waals surface area contributed by atoms with Gasteiger partial charge in [-0.05, 0) is 12.1 Å². The summed E-state index contributed by atoms with van der Waals surface area (Å²) in [7, 11) is 2.76.